The van der Waals surface area contributed by atoms with Crippen LogP contribution in [-0.4, -0.2) is 29.0 Å². The molecule has 21 heavy (non-hydrogen) atoms. The molecule has 0 fully saturated rings. The Kier molecular flexibility index (Phi) is 3.41. The zero-order chi connectivity index (χ0) is 14.8. The van der Waals surface area contributed by atoms with Crippen molar-refractivity contribution in [3.8, 4) is 5.88 Å². The number of carbonyl (C=O) groups is 1. The SMILES string of the molecule is COc1cccc(C(N)C2Nc3ncccc3NC2=O)n1. The van der Waals surface area contributed by atoms with Gasteiger partial charge in [-0.15, -0.1) is 0 Å². The molecule has 3 rings (SSSR count). The van der Waals surface area contributed by atoms with Crippen LogP contribution in [0.4, 0.5) is 11.5 Å². The van der Waals surface area contributed by atoms with Gasteiger partial charge in [-0.1, -0.05) is 6.07 Å². The molecule has 2 aromatic heterocycles. The number of hydrogen-bond acceptors (Lipinski definition) is 6. The first-order chi connectivity index (χ1) is 10.2. The Bertz CT molecular complexity index is 676. The summed E-state index contributed by atoms with van der Waals surface area (Å²) in [4.78, 5) is 20.6. The Morgan fingerprint density at radius 2 is 2.19 bits per heavy atom. The molecule has 0 aliphatic carbocycles. The summed E-state index contributed by atoms with van der Waals surface area (Å²) in [6.07, 6.45) is 1.65. The van der Waals surface area contributed by atoms with Crippen molar-refractivity contribution < 1.29 is 9.53 Å². The summed E-state index contributed by atoms with van der Waals surface area (Å²) in [5, 5.41) is 5.84. The molecule has 3 heterocycles. The van der Waals surface area contributed by atoms with Gasteiger partial charge in [0, 0.05) is 12.3 Å². The third kappa shape index (κ3) is 2.50. The van der Waals surface area contributed by atoms with Crippen molar-refractivity contribution in [2.24, 2.45) is 5.73 Å². The number of pyridine rings is 2. The quantitative estimate of drug-likeness (QED) is 0.775. The maximum Gasteiger partial charge on any atom is 0.249 e. The van der Waals surface area contributed by atoms with Gasteiger partial charge in [-0.3, -0.25) is 4.79 Å². The van der Waals surface area contributed by atoms with Gasteiger partial charge in [0.25, 0.3) is 0 Å². The molecule has 2 aromatic rings. The molecular weight excluding hydrogens is 270 g/mol. The predicted octanol–water partition coefficient (Wildman–Crippen LogP) is 0.918. The van der Waals surface area contributed by atoms with Gasteiger partial charge in [0.2, 0.25) is 11.8 Å². The maximum atomic E-state index is 12.2. The van der Waals surface area contributed by atoms with Gasteiger partial charge in [0.15, 0.2) is 0 Å². The van der Waals surface area contributed by atoms with Gasteiger partial charge in [-0.25, -0.2) is 9.97 Å². The number of aromatic nitrogens is 2. The van der Waals surface area contributed by atoms with E-state index in [0.717, 1.165) is 0 Å². The number of fused-ring (bicyclic) bond motifs is 1. The summed E-state index contributed by atoms with van der Waals surface area (Å²) in [6.45, 7) is 0. The highest BCUT2D eigenvalue weighted by Crippen LogP contribution is 2.27. The van der Waals surface area contributed by atoms with E-state index in [1.807, 2.05) is 0 Å². The van der Waals surface area contributed by atoms with Gasteiger partial charge in [0.05, 0.1) is 24.5 Å². The van der Waals surface area contributed by atoms with E-state index in [2.05, 4.69) is 20.6 Å². The predicted molar refractivity (Wildman–Crippen MR) is 78.0 cm³/mol. The summed E-state index contributed by atoms with van der Waals surface area (Å²) >= 11 is 0. The molecular formula is C14H15N5O2. The molecule has 0 saturated carbocycles. The van der Waals surface area contributed by atoms with Crippen molar-refractivity contribution in [2.75, 3.05) is 17.7 Å². The lowest BCUT2D eigenvalue weighted by Gasteiger charge is -2.29. The molecule has 108 valence electrons. The lowest BCUT2D eigenvalue weighted by molar-refractivity contribution is -0.117. The van der Waals surface area contributed by atoms with Crippen LogP contribution >= 0.6 is 0 Å². The van der Waals surface area contributed by atoms with Gasteiger partial charge in [-0.2, -0.15) is 0 Å². The summed E-state index contributed by atoms with van der Waals surface area (Å²) in [5.74, 6) is 0.839. The van der Waals surface area contributed by atoms with Crippen LogP contribution in [0.15, 0.2) is 36.5 Å². The molecule has 0 spiro atoms. The van der Waals surface area contributed by atoms with Gasteiger partial charge in [0.1, 0.15) is 11.9 Å². The lowest BCUT2D eigenvalue weighted by atomic mass is 10.0. The molecule has 7 heteroatoms. The topological polar surface area (TPSA) is 102 Å². The van der Waals surface area contributed by atoms with Crippen LogP contribution in [0.5, 0.6) is 5.88 Å². The smallest absolute Gasteiger partial charge is 0.249 e. The van der Waals surface area contributed by atoms with E-state index < -0.39 is 12.1 Å². The first-order valence-electron chi connectivity index (χ1n) is 6.48. The van der Waals surface area contributed by atoms with Crippen LogP contribution in [0, 0.1) is 0 Å². The molecule has 0 aromatic carbocycles. The Morgan fingerprint density at radius 1 is 1.33 bits per heavy atom. The number of methoxy groups -OCH3 is 1. The minimum absolute atomic E-state index is 0.215. The maximum absolute atomic E-state index is 12.2. The fourth-order valence-electron chi connectivity index (χ4n) is 2.20. The molecule has 1 aliphatic heterocycles. The number of hydrogen-bond donors (Lipinski definition) is 3. The van der Waals surface area contributed by atoms with Crippen molar-refractivity contribution in [2.45, 2.75) is 12.1 Å². The number of ether oxygens (including phenoxy) is 1. The molecule has 0 bridgehead atoms. The second kappa shape index (κ2) is 5.37. The minimum atomic E-state index is -0.646. The number of rotatable bonds is 3. The monoisotopic (exact) mass is 285 g/mol. The molecule has 4 N–H and O–H groups in total. The van der Waals surface area contributed by atoms with E-state index in [1.165, 1.54) is 7.11 Å². The van der Waals surface area contributed by atoms with E-state index in [9.17, 15) is 4.79 Å². The largest absolute Gasteiger partial charge is 0.481 e. The fraction of sp³-hybridized carbons (Fsp3) is 0.214. The molecule has 1 amide bonds. The zero-order valence-corrected chi connectivity index (χ0v) is 11.4. The second-order valence-electron chi connectivity index (χ2n) is 4.64. The normalized spacial score (nSPS) is 18.2. The summed E-state index contributed by atoms with van der Waals surface area (Å²) in [6, 6.07) is 7.54. The summed E-state index contributed by atoms with van der Waals surface area (Å²) in [5.41, 5.74) is 7.39. The van der Waals surface area contributed by atoms with Gasteiger partial charge < -0.3 is 21.1 Å². The first-order valence-corrected chi connectivity index (χ1v) is 6.48. The summed E-state index contributed by atoms with van der Waals surface area (Å²) < 4.78 is 5.08. The standard InChI is InChI=1S/C14H15N5O2/c1-21-10-6-2-4-8(17-10)11(15)12-14(20)18-9-5-3-7-16-13(9)19-12/h2-7,11-12H,15H2,1H3,(H,16,19)(H,18,20). The Balaban J connectivity index is 1.88. The van der Waals surface area contributed by atoms with E-state index in [4.69, 9.17) is 10.5 Å². The van der Waals surface area contributed by atoms with Crippen molar-refractivity contribution in [3.05, 3.63) is 42.2 Å². The Hall–Kier alpha value is -2.67. The van der Waals surface area contributed by atoms with Crippen LogP contribution in [0.3, 0.4) is 0 Å². The molecule has 1 aliphatic rings. The molecule has 7 nitrogen and oxygen atoms in total. The minimum Gasteiger partial charge on any atom is -0.481 e. The third-order valence-corrected chi connectivity index (χ3v) is 3.30. The van der Waals surface area contributed by atoms with Crippen LogP contribution in [0.1, 0.15) is 11.7 Å². The highest BCUT2D eigenvalue weighted by Gasteiger charge is 2.32. The highest BCUT2D eigenvalue weighted by molar-refractivity contribution is 6.02. The third-order valence-electron chi connectivity index (χ3n) is 3.30. The molecule has 0 saturated heterocycles. The number of anilines is 2. The van der Waals surface area contributed by atoms with Gasteiger partial charge in [-0.05, 0) is 18.2 Å². The Morgan fingerprint density at radius 3 is 3.00 bits per heavy atom. The number of amides is 1. The average Bonchev–Trinajstić information content (AvgIpc) is 2.53. The van der Waals surface area contributed by atoms with E-state index in [0.29, 0.717) is 23.1 Å². The number of nitrogens with zero attached hydrogens (tertiary/aromatic N) is 2. The molecule has 2 unspecified atom stereocenters. The van der Waals surface area contributed by atoms with E-state index in [-0.39, 0.29) is 5.91 Å². The molecule has 2 atom stereocenters. The highest BCUT2D eigenvalue weighted by atomic mass is 16.5. The second-order valence-corrected chi connectivity index (χ2v) is 4.64. The summed E-state index contributed by atoms with van der Waals surface area (Å²) in [7, 11) is 1.53. The lowest BCUT2D eigenvalue weighted by Crippen LogP contribution is -2.46. The van der Waals surface area contributed by atoms with Crippen LogP contribution in [0.2, 0.25) is 0 Å². The average molecular weight is 285 g/mol. The van der Waals surface area contributed by atoms with Crippen LogP contribution < -0.4 is 21.1 Å². The van der Waals surface area contributed by atoms with Gasteiger partial charge >= 0.3 is 0 Å². The fourth-order valence-corrected chi connectivity index (χ4v) is 2.20. The van der Waals surface area contributed by atoms with Crippen molar-refractivity contribution in [1.29, 1.82) is 0 Å². The van der Waals surface area contributed by atoms with Crippen LogP contribution in [-0.2, 0) is 4.79 Å². The number of nitrogens with two attached hydrogens (primary N) is 1. The molecule has 0 radical (unpaired) electrons. The number of carbonyl (C=O) groups excluding carboxylic acids is 1. The van der Waals surface area contributed by atoms with E-state index in [1.54, 1.807) is 36.5 Å². The van der Waals surface area contributed by atoms with Crippen molar-refractivity contribution in [3.63, 3.8) is 0 Å². The number of nitrogens with one attached hydrogen (secondary N) is 2. The first kappa shape index (κ1) is 13.3. The Labute approximate surface area is 121 Å². The van der Waals surface area contributed by atoms with E-state index >= 15 is 0 Å². The zero-order valence-electron chi connectivity index (χ0n) is 11.4. The van der Waals surface area contributed by atoms with Crippen LogP contribution in [0.25, 0.3) is 0 Å². The van der Waals surface area contributed by atoms with Crippen molar-refractivity contribution in [1.82, 2.24) is 9.97 Å². The van der Waals surface area contributed by atoms with Crippen molar-refractivity contribution >= 4 is 17.4 Å².